The second-order valence-electron chi connectivity index (χ2n) is 14.3. The maximum Gasteiger partial charge on any atom is 0.227 e. The summed E-state index contributed by atoms with van der Waals surface area (Å²) in [6, 6.07) is 62.3. The van der Waals surface area contributed by atoms with Gasteiger partial charge in [0.05, 0.1) is 22.7 Å². The van der Waals surface area contributed by atoms with Gasteiger partial charge in [-0.15, -0.1) is 0 Å². The molecular formula is C50H30N4O3S. The summed E-state index contributed by atoms with van der Waals surface area (Å²) in [5.74, 6) is 2.63. The molecular weight excluding hydrogens is 737 g/mol. The minimum Gasteiger partial charge on any atom is -0.453 e. The maximum absolute atomic E-state index is 6.47. The number of hydrogen-bond acceptors (Lipinski definition) is 8. The normalized spacial score (nSPS) is 12.8. The zero-order valence-corrected chi connectivity index (χ0v) is 31.6. The van der Waals surface area contributed by atoms with Gasteiger partial charge in [-0.2, -0.15) is 0 Å². The van der Waals surface area contributed by atoms with Crippen LogP contribution >= 0.6 is 11.8 Å². The topological polar surface area (TPSA) is 67.8 Å². The van der Waals surface area contributed by atoms with E-state index in [1.165, 1.54) is 9.79 Å². The summed E-state index contributed by atoms with van der Waals surface area (Å²) < 4.78 is 19.4. The molecule has 0 saturated carbocycles. The largest absolute Gasteiger partial charge is 0.453 e. The molecule has 12 rings (SSSR count). The Morgan fingerprint density at radius 3 is 1.28 bits per heavy atom. The molecule has 58 heavy (non-hydrogen) atoms. The Morgan fingerprint density at radius 1 is 0.379 bits per heavy atom. The number of para-hydroxylation sites is 10. The first-order valence-corrected chi connectivity index (χ1v) is 19.9. The number of oxazole rings is 2. The van der Waals surface area contributed by atoms with Crippen molar-refractivity contribution in [2.45, 2.75) is 9.79 Å². The fraction of sp³-hybridized carbons (Fsp3) is 0. The highest BCUT2D eigenvalue weighted by Gasteiger charge is 2.29. The summed E-state index contributed by atoms with van der Waals surface area (Å²) in [5.41, 5.74) is 12.7. The number of rotatable bonds is 5. The van der Waals surface area contributed by atoms with Crippen LogP contribution in [0.3, 0.4) is 0 Å². The van der Waals surface area contributed by atoms with Crippen molar-refractivity contribution in [2.75, 3.05) is 9.80 Å². The SMILES string of the molecule is c1ccc2c(c1)Oc1ccccc1N2c1cc(-c2cc(-c3nc4ccccc4o3)cc(N3c4ccccc4Sc4ccccc43)c2)cc(-c2nc3ccccc3o2)c1. The van der Waals surface area contributed by atoms with Gasteiger partial charge < -0.3 is 23.4 Å². The Bertz CT molecular complexity index is 2870. The van der Waals surface area contributed by atoms with Crippen LogP contribution in [0.4, 0.5) is 34.1 Å². The molecule has 274 valence electrons. The lowest BCUT2D eigenvalue weighted by atomic mass is 9.97. The van der Waals surface area contributed by atoms with E-state index < -0.39 is 0 Å². The maximum atomic E-state index is 6.47. The lowest BCUT2D eigenvalue weighted by molar-refractivity contribution is 0.477. The van der Waals surface area contributed by atoms with E-state index in [9.17, 15) is 0 Å². The van der Waals surface area contributed by atoms with Crippen LogP contribution in [0.15, 0.2) is 201 Å². The van der Waals surface area contributed by atoms with Gasteiger partial charge in [0, 0.05) is 32.3 Å². The smallest absolute Gasteiger partial charge is 0.227 e. The molecule has 0 spiro atoms. The number of benzene rings is 8. The number of fused-ring (bicyclic) bond motifs is 6. The Labute approximate surface area is 337 Å². The Morgan fingerprint density at radius 2 is 0.776 bits per heavy atom. The van der Waals surface area contributed by atoms with Gasteiger partial charge in [-0.1, -0.05) is 84.6 Å². The summed E-state index contributed by atoms with van der Waals surface area (Å²) in [6.07, 6.45) is 0. The van der Waals surface area contributed by atoms with Gasteiger partial charge in [0.25, 0.3) is 0 Å². The molecule has 2 aliphatic rings. The van der Waals surface area contributed by atoms with Gasteiger partial charge in [0.2, 0.25) is 11.8 Å². The van der Waals surface area contributed by atoms with Gasteiger partial charge >= 0.3 is 0 Å². The molecule has 8 aromatic carbocycles. The Hall–Kier alpha value is -7.55. The van der Waals surface area contributed by atoms with Crippen LogP contribution < -0.4 is 14.5 Å². The lowest BCUT2D eigenvalue weighted by Crippen LogP contribution is -2.16. The van der Waals surface area contributed by atoms with Crippen molar-refractivity contribution >= 4 is 68.1 Å². The Balaban J connectivity index is 1.13. The Kier molecular flexibility index (Phi) is 7.33. The zero-order chi connectivity index (χ0) is 38.2. The average molecular weight is 767 g/mol. The highest BCUT2D eigenvalue weighted by Crippen LogP contribution is 2.54. The first-order chi connectivity index (χ1) is 28.7. The molecule has 0 aliphatic carbocycles. The predicted molar refractivity (Wildman–Crippen MR) is 231 cm³/mol. The van der Waals surface area contributed by atoms with Crippen LogP contribution in [0.25, 0.3) is 56.2 Å². The van der Waals surface area contributed by atoms with E-state index in [-0.39, 0.29) is 0 Å². The van der Waals surface area contributed by atoms with Crippen LogP contribution in [-0.2, 0) is 0 Å². The molecule has 8 heteroatoms. The van der Waals surface area contributed by atoms with Gasteiger partial charge in [0.1, 0.15) is 11.0 Å². The predicted octanol–water partition coefficient (Wildman–Crippen LogP) is 14.5. The van der Waals surface area contributed by atoms with Crippen molar-refractivity contribution < 1.29 is 13.6 Å². The summed E-state index contributed by atoms with van der Waals surface area (Å²) in [5, 5.41) is 0. The molecule has 0 radical (unpaired) electrons. The van der Waals surface area contributed by atoms with Gasteiger partial charge in [-0.05, 0) is 120 Å². The van der Waals surface area contributed by atoms with Crippen LogP contribution in [0.1, 0.15) is 0 Å². The van der Waals surface area contributed by atoms with E-state index in [1.54, 1.807) is 11.8 Å². The van der Waals surface area contributed by atoms with Crippen molar-refractivity contribution in [1.29, 1.82) is 0 Å². The number of nitrogens with zero attached hydrogens (tertiary/aromatic N) is 4. The molecule has 0 amide bonds. The third-order valence-electron chi connectivity index (χ3n) is 10.6. The number of anilines is 6. The molecule has 7 nitrogen and oxygen atoms in total. The van der Waals surface area contributed by atoms with Gasteiger partial charge in [0.15, 0.2) is 22.7 Å². The van der Waals surface area contributed by atoms with Crippen LogP contribution in [0.2, 0.25) is 0 Å². The van der Waals surface area contributed by atoms with Crippen molar-refractivity contribution in [3.05, 3.63) is 182 Å². The van der Waals surface area contributed by atoms with E-state index in [4.69, 9.17) is 23.5 Å². The van der Waals surface area contributed by atoms with E-state index in [1.807, 2.05) is 84.9 Å². The fourth-order valence-electron chi connectivity index (χ4n) is 8.02. The lowest BCUT2D eigenvalue weighted by Gasteiger charge is -2.34. The molecule has 10 aromatic rings. The second kappa shape index (κ2) is 13.0. The minimum absolute atomic E-state index is 0.533. The zero-order valence-electron chi connectivity index (χ0n) is 30.7. The molecule has 0 fully saturated rings. The quantitative estimate of drug-likeness (QED) is 0.172. The van der Waals surface area contributed by atoms with Crippen molar-refractivity contribution in [3.63, 3.8) is 0 Å². The summed E-state index contributed by atoms with van der Waals surface area (Å²) in [6.45, 7) is 0. The highest BCUT2D eigenvalue weighted by atomic mass is 32.2. The molecule has 0 atom stereocenters. The summed E-state index contributed by atoms with van der Waals surface area (Å²) in [7, 11) is 0. The summed E-state index contributed by atoms with van der Waals surface area (Å²) >= 11 is 1.79. The summed E-state index contributed by atoms with van der Waals surface area (Å²) in [4.78, 5) is 16.9. The number of ether oxygens (including phenoxy) is 1. The van der Waals surface area contributed by atoms with Gasteiger partial charge in [-0.25, -0.2) is 9.97 Å². The minimum atomic E-state index is 0.533. The molecule has 4 heterocycles. The van der Waals surface area contributed by atoms with Crippen LogP contribution in [0.5, 0.6) is 11.5 Å². The fourth-order valence-corrected chi connectivity index (χ4v) is 9.08. The third-order valence-corrected chi connectivity index (χ3v) is 11.8. The standard InChI is InChI=1S/C50H30N4O3S/c1-7-19-43-37(13-1)51-49(56-43)33-25-31(27-35(29-33)53-39-15-3-9-21-45(39)55-46-22-10-4-16-40(46)53)32-26-34(50-52-38-14-2-8-20-44(38)57-50)30-36(28-32)54-41-17-5-11-23-47(41)58-48-24-12-6-18-42(48)54/h1-30H. The third kappa shape index (κ3) is 5.38. The molecule has 2 aromatic heterocycles. The first kappa shape index (κ1) is 32.7. The van der Waals surface area contributed by atoms with Crippen molar-refractivity contribution in [3.8, 4) is 45.5 Å². The van der Waals surface area contributed by atoms with Crippen LogP contribution in [-0.4, -0.2) is 9.97 Å². The monoisotopic (exact) mass is 766 g/mol. The molecule has 0 saturated heterocycles. The van der Waals surface area contributed by atoms with E-state index in [2.05, 4.69) is 107 Å². The second-order valence-corrected chi connectivity index (χ2v) is 15.3. The first-order valence-electron chi connectivity index (χ1n) is 19.0. The number of hydrogen-bond donors (Lipinski definition) is 0. The van der Waals surface area contributed by atoms with E-state index in [0.717, 1.165) is 90.1 Å². The van der Waals surface area contributed by atoms with E-state index in [0.29, 0.717) is 11.8 Å². The van der Waals surface area contributed by atoms with Gasteiger partial charge in [-0.3, -0.25) is 0 Å². The molecule has 0 bridgehead atoms. The van der Waals surface area contributed by atoms with Crippen LogP contribution in [0, 0.1) is 0 Å². The molecule has 2 aliphatic heterocycles. The highest BCUT2D eigenvalue weighted by molar-refractivity contribution is 7.99. The van der Waals surface area contributed by atoms with E-state index >= 15 is 0 Å². The average Bonchev–Trinajstić information content (AvgIpc) is 3.92. The van der Waals surface area contributed by atoms with Crippen molar-refractivity contribution in [1.82, 2.24) is 9.97 Å². The molecule has 0 N–H and O–H groups in total. The van der Waals surface area contributed by atoms with Crippen molar-refractivity contribution in [2.24, 2.45) is 0 Å². The number of aromatic nitrogens is 2. The molecule has 0 unspecified atom stereocenters.